The van der Waals surface area contributed by atoms with Crippen LogP contribution in [0.2, 0.25) is 0 Å². The Labute approximate surface area is 135 Å². The molecule has 2 aliphatic rings. The van der Waals surface area contributed by atoms with Crippen LogP contribution in [0, 0.1) is 0 Å². The summed E-state index contributed by atoms with van der Waals surface area (Å²) in [5.74, 6) is 0.0665. The van der Waals surface area contributed by atoms with Crippen LogP contribution in [-0.4, -0.2) is 62.8 Å². The molecule has 1 aliphatic heterocycles. The highest BCUT2D eigenvalue weighted by Gasteiger charge is 2.39. The van der Waals surface area contributed by atoms with Gasteiger partial charge in [-0.1, -0.05) is 19.3 Å². The standard InChI is InChI=1S/C17H33N3O2/c1-20(15-7-4-3-5-8-15)14-6-11-19-16(21)17(22-2)9-12-18-13-10-17/h15,18H,3-14H2,1-2H3,(H,19,21). The molecule has 1 saturated carbocycles. The van der Waals surface area contributed by atoms with E-state index in [4.69, 9.17) is 4.74 Å². The van der Waals surface area contributed by atoms with Crippen molar-refractivity contribution in [3.05, 3.63) is 0 Å². The smallest absolute Gasteiger partial charge is 0.252 e. The van der Waals surface area contributed by atoms with Crippen molar-refractivity contribution in [3.63, 3.8) is 0 Å². The van der Waals surface area contributed by atoms with Gasteiger partial charge in [0.15, 0.2) is 0 Å². The number of hydrogen-bond acceptors (Lipinski definition) is 4. The average Bonchev–Trinajstić information content (AvgIpc) is 2.59. The normalized spacial score (nSPS) is 22.7. The Morgan fingerprint density at radius 3 is 2.59 bits per heavy atom. The van der Waals surface area contributed by atoms with Gasteiger partial charge < -0.3 is 20.3 Å². The molecule has 0 unspecified atom stereocenters. The first-order chi connectivity index (χ1) is 10.7. The lowest BCUT2D eigenvalue weighted by Gasteiger charge is -2.35. The Bertz CT molecular complexity index is 337. The summed E-state index contributed by atoms with van der Waals surface area (Å²) in [6.45, 7) is 3.51. The number of piperidine rings is 1. The molecule has 1 saturated heterocycles. The molecule has 0 aromatic rings. The monoisotopic (exact) mass is 311 g/mol. The number of nitrogens with zero attached hydrogens (tertiary/aromatic N) is 1. The number of hydrogen-bond donors (Lipinski definition) is 2. The first-order valence-corrected chi connectivity index (χ1v) is 8.92. The highest BCUT2D eigenvalue weighted by molar-refractivity contribution is 5.85. The number of nitrogens with one attached hydrogen (secondary N) is 2. The number of carbonyl (C=O) groups is 1. The van der Waals surface area contributed by atoms with Gasteiger partial charge in [-0.25, -0.2) is 0 Å². The van der Waals surface area contributed by atoms with Crippen molar-refractivity contribution in [1.82, 2.24) is 15.5 Å². The maximum atomic E-state index is 12.4. The van der Waals surface area contributed by atoms with Crippen LogP contribution in [-0.2, 0) is 9.53 Å². The first-order valence-electron chi connectivity index (χ1n) is 8.92. The second kappa shape index (κ2) is 8.85. The predicted molar refractivity (Wildman–Crippen MR) is 89.0 cm³/mol. The van der Waals surface area contributed by atoms with Gasteiger partial charge in [-0.2, -0.15) is 0 Å². The van der Waals surface area contributed by atoms with Crippen molar-refractivity contribution in [2.75, 3.05) is 40.3 Å². The zero-order valence-electron chi connectivity index (χ0n) is 14.3. The van der Waals surface area contributed by atoms with Gasteiger partial charge in [-0.15, -0.1) is 0 Å². The zero-order chi connectivity index (χ0) is 15.8. The van der Waals surface area contributed by atoms with E-state index in [0.717, 1.165) is 51.5 Å². The SMILES string of the molecule is COC1(C(=O)NCCCN(C)C2CCCCC2)CCNCC1. The minimum absolute atomic E-state index is 0.0665. The molecule has 2 rings (SSSR count). The minimum Gasteiger partial charge on any atom is -0.368 e. The van der Waals surface area contributed by atoms with Gasteiger partial charge in [-0.3, -0.25) is 4.79 Å². The van der Waals surface area contributed by atoms with Crippen LogP contribution in [0.25, 0.3) is 0 Å². The van der Waals surface area contributed by atoms with E-state index in [1.165, 1.54) is 32.1 Å². The molecular weight excluding hydrogens is 278 g/mol. The lowest BCUT2D eigenvalue weighted by atomic mass is 9.91. The number of rotatable bonds is 7. The van der Waals surface area contributed by atoms with Crippen molar-refractivity contribution >= 4 is 5.91 Å². The van der Waals surface area contributed by atoms with Crippen LogP contribution < -0.4 is 10.6 Å². The van der Waals surface area contributed by atoms with E-state index in [-0.39, 0.29) is 5.91 Å². The molecule has 0 aromatic heterocycles. The molecular formula is C17H33N3O2. The second-order valence-electron chi connectivity index (χ2n) is 6.83. The van der Waals surface area contributed by atoms with Crippen LogP contribution >= 0.6 is 0 Å². The number of methoxy groups -OCH3 is 1. The maximum Gasteiger partial charge on any atom is 0.252 e. The van der Waals surface area contributed by atoms with E-state index < -0.39 is 5.60 Å². The molecule has 1 amide bonds. The summed E-state index contributed by atoms with van der Waals surface area (Å²) in [5, 5.41) is 6.36. The highest BCUT2D eigenvalue weighted by Crippen LogP contribution is 2.23. The molecule has 0 radical (unpaired) electrons. The molecule has 1 aliphatic carbocycles. The van der Waals surface area contributed by atoms with E-state index in [1.807, 2.05) is 0 Å². The fraction of sp³-hybridized carbons (Fsp3) is 0.941. The number of amides is 1. The molecule has 5 nitrogen and oxygen atoms in total. The molecule has 22 heavy (non-hydrogen) atoms. The van der Waals surface area contributed by atoms with Gasteiger partial charge in [0, 0.05) is 19.7 Å². The fourth-order valence-electron chi connectivity index (χ4n) is 3.75. The zero-order valence-corrected chi connectivity index (χ0v) is 14.3. The summed E-state index contributed by atoms with van der Waals surface area (Å²) in [6, 6.07) is 0.749. The summed E-state index contributed by atoms with van der Waals surface area (Å²) >= 11 is 0. The fourth-order valence-corrected chi connectivity index (χ4v) is 3.75. The van der Waals surface area contributed by atoms with E-state index in [9.17, 15) is 4.79 Å². The summed E-state index contributed by atoms with van der Waals surface area (Å²) in [7, 11) is 3.88. The quantitative estimate of drug-likeness (QED) is 0.700. The Hall–Kier alpha value is -0.650. The van der Waals surface area contributed by atoms with Crippen molar-refractivity contribution in [1.29, 1.82) is 0 Å². The van der Waals surface area contributed by atoms with E-state index in [0.29, 0.717) is 0 Å². The molecule has 128 valence electrons. The van der Waals surface area contributed by atoms with Gasteiger partial charge >= 0.3 is 0 Å². The van der Waals surface area contributed by atoms with Gasteiger partial charge in [0.25, 0.3) is 5.91 Å². The van der Waals surface area contributed by atoms with Gasteiger partial charge in [0.1, 0.15) is 5.60 Å². The summed E-state index contributed by atoms with van der Waals surface area (Å²) in [5.41, 5.74) is -0.611. The minimum atomic E-state index is -0.611. The van der Waals surface area contributed by atoms with Crippen molar-refractivity contribution in [3.8, 4) is 0 Å². The van der Waals surface area contributed by atoms with Crippen LogP contribution in [0.4, 0.5) is 0 Å². The summed E-state index contributed by atoms with van der Waals surface area (Å²) < 4.78 is 5.55. The van der Waals surface area contributed by atoms with Crippen LogP contribution in [0.1, 0.15) is 51.4 Å². The summed E-state index contributed by atoms with van der Waals surface area (Å²) in [4.78, 5) is 14.9. The maximum absolute atomic E-state index is 12.4. The lowest BCUT2D eigenvalue weighted by molar-refractivity contribution is -0.146. The third kappa shape index (κ3) is 4.67. The predicted octanol–water partition coefficient (Wildman–Crippen LogP) is 1.53. The molecule has 0 bridgehead atoms. The van der Waals surface area contributed by atoms with Crippen molar-refractivity contribution < 1.29 is 9.53 Å². The Morgan fingerprint density at radius 2 is 1.95 bits per heavy atom. The van der Waals surface area contributed by atoms with Crippen molar-refractivity contribution in [2.24, 2.45) is 0 Å². The van der Waals surface area contributed by atoms with Gasteiger partial charge in [-0.05, 0) is 58.8 Å². The molecule has 2 N–H and O–H groups in total. The topological polar surface area (TPSA) is 53.6 Å². The molecule has 0 aromatic carbocycles. The average molecular weight is 311 g/mol. The van der Waals surface area contributed by atoms with Crippen molar-refractivity contribution in [2.45, 2.75) is 63.0 Å². The number of ether oxygens (including phenoxy) is 1. The molecule has 5 heteroatoms. The largest absolute Gasteiger partial charge is 0.368 e. The third-order valence-electron chi connectivity index (χ3n) is 5.39. The van der Waals surface area contributed by atoms with E-state index in [2.05, 4.69) is 22.6 Å². The van der Waals surface area contributed by atoms with Gasteiger partial charge in [0.05, 0.1) is 0 Å². The molecule has 1 heterocycles. The second-order valence-corrected chi connectivity index (χ2v) is 6.83. The first kappa shape index (κ1) is 17.7. The Kier molecular flexibility index (Phi) is 7.12. The molecule has 0 atom stereocenters. The lowest BCUT2D eigenvalue weighted by Crippen LogP contribution is -2.54. The summed E-state index contributed by atoms with van der Waals surface area (Å²) in [6.07, 6.45) is 9.34. The van der Waals surface area contributed by atoms with Crippen LogP contribution in [0.15, 0.2) is 0 Å². The highest BCUT2D eigenvalue weighted by atomic mass is 16.5. The molecule has 2 fully saturated rings. The van der Waals surface area contributed by atoms with E-state index >= 15 is 0 Å². The third-order valence-corrected chi connectivity index (χ3v) is 5.39. The van der Waals surface area contributed by atoms with Crippen LogP contribution in [0.3, 0.4) is 0 Å². The van der Waals surface area contributed by atoms with Gasteiger partial charge in [0.2, 0.25) is 0 Å². The Morgan fingerprint density at radius 1 is 1.27 bits per heavy atom. The Balaban J connectivity index is 1.65. The number of carbonyl (C=O) groups excluding carboxylic acids is 1. The molecule has 0 spiro atoms. The van der Waals surface area contributed by atoms with Crippen LogP contribution in [0.5, 0.6) is 0 Å². The van der Waals surface area contributed by atoms with E-state index in [1.54, 1.807) is 7.11 Å².